The standard InChI is InChI=1S/C6H5Br.C2H4Br2/c7-6-4-2-1-3-5-6;1-2(3)4/h1-5H;2H,1H3. The first kappa shape index (κ1) is 11.7. The Hall–Kier alpha value is 0.660. The Morgan fingerprint density at radius 1 is 1.09 bits per heavy atom. The summed E-state index contributed by atoms with van der Waals surface area (Å²) in [5.74, 6) is 0. The molecule has 0 amide bonds. The van der Waals surface area contributed by atoms with Crippen LogP contribution in [-0.2, 0) is 0 Å². The van der Waals surface area contributed by atoms with Gasteiger partial charge in [0.1, 0.15) is 0 Å². The van der Waals surface area contributed by atoms with E-state index in [0.717, 1.165) is 4.47 Å². The number of alkyl halides is 2. The summed E-state index contributed by atoms with van der Waals surface area (Å²) >= 11 is 9.69. The molecule has 3 heteroatoms. The molecule has 0 heterocycles. The second kappa shape index (κ2) is 7.32. The molecule has 0 bridgehead atoms. The lowest BCUT2D eigenvalue weighted by molar-refractivity contribution is 1.48. The zero-order valence-corrected chi connectivity index (χ0v) is 10.9. The normalized spacial score (nSPS) is 8.82. The van der Waals surface area contributed by atoms with Gasteiger partial charge in [0.15, 0.2) is 0 Å². The topological polar surface area (TPSA) is 0 Å². The molecule has 1 aromatic carbocycles. The van der Waals surface area contributed by atoms with Crippen molar-refractivity contribution in [3.63, 3.8) is 0 Å². The Balaban J connectivity index is 0.000000218. The van der Waals surface area contributed by atoms with Crippen LogP contribution in [-0.4, -0.2) is 3.74 Å². The summed E-state index contributed by atoms with van der Waals surface area (Å²) in [4.78, 5) is 0. The van der Waals surface area contributed by atoms with Crippen LogP contribution in [0.5, 0.6) is 0 Å². The van der Waals surface area contributed by atoms with Crippen molar-refractivity contribution in [3.05, 3.63) is 34.8 Å². The molecule has 0 aliphatic rings. The van der Waals surface area contributed by atoms with Crippen molar-refractivity contribution >= 4 is 47.8 Å². The van der Waals surface area contributed by atoms with Crippen LogP contribution in [0.2, 0.25) is 0 Å². The summed E-state index contributed by atoms with van der Waals surface area (Å²) in [6.45, 7) is 2.00. The second-order valence-electron chi connectivity index (χ2n) is 1.81. The Kier molecular flexibility index (Phi) is 7.76. The summed E-state index contributed by atoms with van der Waals surface area (Å²) in [7, 11) is 0. The molecule has 0 aliphatic heterocycles. The van der Waals surface area contributed by atoms with Crippen LogP contribution in [0.3, 0.4) is 0 Å². The smallest absolute Gasteiger partial charge is 0.0669 e. The monoisotopic (exact) mass is 342 g/mol. The zero-order chi connectivity index (χ0) is 8.69. The molecule has 0 saturated carbocycles. The van der Waals surface area contributed by atoms with E-state index in [1.54, 1.807) is 0 Å². The Bertz CT molecular complexity index is 169. The third-order valence-electron chi connectivity index (χ3n) is 0.733. The summed E-state index contributed by atoms with van der Waals surface area (Å²) < 4.78 is 1.59. The van der Waals surface area contributed by atoms with Crippen LogP contribution in [0.25, 0.3) is 0 Å². The van der Waals surface area contributed by atoms with Crippen LogP contribution in [0, 0.1) is 0 Å². The highest BCUT2D eigenvalue weighted by molar-refractivity contribution is 9.24. The van der Waals surface area contributed by atoms with Crippen LogP contribution < -0.4 is 0 Å². The molecule has 0 aliphatic carbocycles. The van der Waals surface area contributed by atoms with Gasteiger partial charge in [-0.05, 0) is 19.1 Å². The maximum atomic E-state index is 3.31. The van der Waals surface area contributed by atoms with E-state index in [9.17, 15) is 0 Å². The van der Waals surface area contributed by atoms with Gasteiger partial charge in [0.2, 0.25) is 0 Å². The van der Waals surface area contributed by atoms with E-state index in [2.05, 4.69) is 47.8 Å². The highest BCUT2D eigenvalue weighted by Gasteiger charge is 1.74. The summed E-state index contributed by atoms with van der Waals surface area (Å²) in [6, 6.07) is 9.97. The van der Waals surface area contributed by atoms with Crippen molar-refractivity contribution in [2.45, 2.75) is 10.7 Å². The average Bonchev–Trinajstić information content (AvgIpc) is 1.87. The highest BCUT2D eigenvalue weighted by atomic mass is 79.9. The van der Waals surface area contributed by atoms with E-state index < -0.39 is 0 Å². The molecule has 0 fully saturated rings. The first-order chi connectivity index (χ1) is 5.13. The third kappa shape index (κ3) is 10.7. The molecule has 0 aromatic heterocycles. The van der Waals surface area contributed by atoms with Gasteiger partial charge in [-0.1, -0.05) is 66.0 Å². The maximum Gasteiger partial charge on any atom is 0.0669 e. The van der Waals surface area contributed by atoms with E-state index in [1.165, 1.54) is 0 Å². The minimum Gasteiger partial charge on any atom is -0.0768 e. The molecule has 62 valence electrons. The molecule has 0 N–H and O–H groups in total. The van der Waals surface area contributed by atoms with Gasteiger partial charge in [-0.2, -0.15) is 0 Å². The molecule has 11 heavy (non-hydrogen) atoms. The summed E-state index contributed by atoms with van der Waals surface area (Å²) in [6.07, 6.45) is 0. The average molecular weight is 345 g/mol. The van der Waals surface area contributed by atoms with E-state index in [-0.39, 0.29) is 0 Å². The molecule has 0 unspecified atom stereocenters. The number of benzene rings is 1. The van der Waals surface area contributed by atoms with Gasteiger partial charge in [0, 0.05) is 4.47 Å². The Morgan fingerprint density at radius 3 is 1.64 bits per heavy atom. The minimum absolute atomic E-state index is 0.458. The van der Waals surface area contributed by atoms with Crippen molar-refractivity contribution in [1.29, 1.82) is 0 Å². The fraction of sp³-hybridized carbons (Fsp3) is 0.250. The van der Waals surface area contributed by atoms with Gasteiger partial charge < -0.3 is 0 Å². The lowest BCUT2D eigenvalue weighted by Gasteiger charge is -1.80. The fourth-order valence-corrected chi connectivity index (χ4v) is 0.720. The molecule has 1 aromatic rings. The van der Waals surface area contributed by atoms with Crippen molar-refractivity contribution in [1.82, 2.24) is 0 Å². The summed E-state index contributed by atoms with van der Waals surface area (Å²) in [5, 5.41) is 0. The van der Waals surface area contributed by atoms with Crippen molar-refractivity contribution in [2.24, 2.45) is 0 Å². The summed E-state index contributed by atoms with van der Waals surface area (Å²) in [5.41, 5.74) is 0. The lowest BCUT2D eigenvalue weighted by atomic mass is 10.4. The van der Waals surface area contributed by atoms with E-state index >= 15 is 0 Å². The van der Waals surface area contributed by atoms with Crippen molar-refractivity contribution in [3.8, 4) is 0 Å². The number of halogens is 3. The minimum atomic E-state index is 0.458. The van der Waals surface area contributed by atoms with E-state index in [0.29, 0.717) is 3.74 Å². The third-order valence-corrected chi connectivity index (χ3v) is 1.26. The van der Waals surface area contributed by atoms with Gasteiger partial charge in [-0.3, -0.25) is 0 Å². The molecule has 0 nitrogen and oxygen atoms in total. The van der Waals surface area contributed by atoms with E-state index in [1.807, 2.05) is 37.3 Å². The molecular weight excluding hydrogens is 336 g/mol. The fourth-order valence-electron chi connectivity index (χ4n) is 0.415. The van der Waals surface area contributed by atoms with Crippen LogP contribution in [0.4, 0.5) is 0 Å². The van der Waals surface area contributed by atoms with Crippen molar-refractivity contribution < 1.29 is 0 Å². The molecule has 0 spiro atoms. The Labute approximate surface area is 92.8 Å². The van der Waals surface area contributed by atoms with Gasteiger partial charge >= 0.3 is 0 Å². The SMILES string of the molecule is Brc1ccccc1.CC(Br)Br. The molecular formula is C8H9Br3. The maximum absolute atomic E-state index is 3.31. The molecule has 0 radical (unpaired) electrons. The molecule has 0 atom stereocenters. The second-order valence-corrected chi connectivity index (χ2v) is 6.71. The van der Waals surface area contributed by atoms with Crippen LogP contribution >= 0.6 is 47.8 Å². The molecule has 0 saturated heterocycles. The van der Waals surface area contributed by atoms with Crippen molar-refractivity contribution in [2.75, 3.05) is 0 Å². The zero-order valence-electron chi connectivity index (χ0n) is 6.10. The predicted octanol–water partition coefficient (Wildman–Crippen LogP) is 4.57. The largest absolute Gasteiger partial charge is 0.0768 e. The Morgan fingerprint density at radius 2 is 1.45 bits per heavy atom. The van der Waals surface area contributed by atoms with Gasteiger partial charge in [0.05, 0.1) is 3.74 Å². The van der Waals surface area contributed by atoms with E-state index in [4.69, 9.17) is 0 Å². The van der Waals surface area contributed by atoms with Gasteiger partial charge in [-0.15, -0.1) is 0 Å². The number of hydrogen-bond donors (Lipinski definition) is 0. The lowest BCUT2D eigenvalue weighted by Crippen LogP contribution is -1.60. The quantitative estimate of drug-likeness (QED) is 0.605. The first-order valence-corrected chi connectivity index (χ1v) is 5.74. The molecule has 1 rings (SSSR count). The van der Waals surface area contributed by atoms with Gasteiger partial charge in [-0.25, -0.2) is 0 Å². The predicted molar refractivity (Wildman–Crippen MR) is 61.5 cm³/mol. The number of rotatable bonds is 0. The number of hydrogen-bond acceptors (Lipinski definition) is 0. The highest BCUT2D eigenvalue weighted by Crippen LogP contribution is 2.05. The van der Waals surface area contributed by atoms with Crippen LogP contribution in [0.15, 0.2) is 34.8 Å². The van der Waals surface area contributed by atoms with Gasteiger partial charge in [0.25, 0.3) is 0 Å². The first-order valence-electron chi connectivity index (χ1n) is 3.11. The van der Waals surface area contributed by atoms with Crippen LogP contribution in [0.1, 0.15) is 6.92 Å².